The first-order chi connectivity index (χ1) is 14.4. The van der Waals surface area contributed by atoms with E-state index in [0.29, 0.717) is 18.0 Å². The number of likely N-dealkylation sites (N-methyl/N-ethyl adjacent to an activating group) is 1. The third-order valence-corrected chi connectivity index (χ3v) is 5.07. The maximum atomic E-state index is 12.5. The van der Waals surface area contributed by atoms with Crippen molar-refractivity contribution < 1.29 is 14.3 Å². The molecule has 6 nitrogen and oxygen atoms in total. The van der Waals surface area contributed by atoms with Gasteiger partial charge in [-0.1, -0.05) is 48.5 Å². The van der Waals surface area contributed by atoms with Gasteiger partial charge < -0.3 is 20.3 Å². The minimum atomic E-state index is -0.727. The van der Waals surface area contributed by atoms with Crippen molar-refractivity contribution in [2.75, 3.05) is 33.1 Å². The van der Waals surface area contributed by atoms with Gasteiger partial charge in [0.1, 0.15) is 5.75 Å². The van der Waals surface area contributed by atoms with Crippen molar-refractivity contribution in [3.63, 3.8) is 0 Å². The Balaban J connectivity index is 1.73. The molecule has 0 aliphatic rings. The number of nitrogens with zero attached hydrogens (tertiary/aromatic N) is 1. The van der Waals surface area contributed by atoms with E-state index >= 15 is 0 Å². The number of benzene rings is 3. The quantitative estimate of drug-likeness (QED) is 0.616. The van der Waals surface area contributed by atoms with E-state index in [0.717, 1.165) is 21.9 Å². The summed E-state index contributed by atoms with van der Waals surface area (Å²) in [6.07, 6.45) is 0. The lowest BCUT2D eigenvalue weighted by atomic mass is 9.98. The first-order valence-electron chi connectivity index (χ1n) is 9.78. The zero-order valence-corrected chi connectivity index (χ0v) is 17.7. The third kappa shape index (κ3) is 4.78. The van der Waals surface area contributed by atoms with Crippen molar-refractivity contribution in [2.24, 2.45) is 0 Å². The molecular formula is C24H27N3O3. The standard InChI is InChI=1S/C24H27N3O3/c1-16-12-13-22(30-4)20(14-16)26-24(29)23(28)25-15-21(27(2)3)19-11-7-9-17-8-5-6-10-18(17)19/h5-14,21H,15H2,1-4H3,(H,25,28)(H,26,29). The molecule has 0 aromatic heterocycles. The van der Waals surface area contributed by atoms with Crippen LogP contribution in [0.1, 0.15) is 17.2 Å². The molecule has 0 spiro atoms. The van der Waals surface area contributed by atoms with Crippen LogP contribution in [-0.4, -0.2) is 44.5 Å². The largest absolute Gasteiger partial charge is 0.495 e. The smallest absolute Gasteiger partial charge is 0.313 e. The molecule has 0 radical (unpaired) electrons. The summed E-state index contributed by atoms with van der Waals surface area (Å²) >= 11 is 0. The van der Waals surface area contributed by atoms with Crippen molar-refractivity contribution >= 4 is 28.3 Å². The molecule has 0 heterocycles. The number of hydrogen-bond donors (Lipinski definition) is 2. The number of ether oxygens (including phenoxy) is 1. The summed E-state index contributed by atoms with van der Waals surface area (Å²) in [5, 5.41) is 7.66. The molecule has 1 atom stereocenters. The Morgan fingerprint density at radius 1 is 1.00 bits per heavy atom. The number of fused-ring (bicyclic) bond motifs is 1. The van der Waals surface area contributed by atoms with Crippen LogP contribution in [0, 0.1) is 6.92 Å². The minimum absolute atomic E-state index is 0.0821. The second kappa shape index (κ2) is 9.41. The highest BCUT2D eigenvalue weighted by Crippen LogP contribution is 2.27. The fourth-order valence-corrected chi connectivity index (χ4v) is 3.48. The van der Waals surface area contributed by atoms with Gasteiger partial charge in [-0.15, -0.1) is 0 Å². The lowest BCUT2D eigenvalue weighted by Crippen LogP contribution is -2.40. The van der Waals surface area contributed by atoms with Crippen LogP contribution in [0.2, 0.25) is 0 Å². The predicted octanol–water partition coefficient (Wildman–Crippen LogP) is 3.51. The molecular weight excluding hydrogens is 378 g/mol. The number of methoxy groups -OCH3 is 1. The minimum Gasteiger partial charge on any atom is -0.495 e. The summed E-state index contributed by atoms with van der Waals surface area (Å²) in [7, 11) is 5.43. The van der Waals surface area contributed by atoms with Crippen molar-refractivity contribution in [1.29, 1.82) is 0 Å². The molecule has 0 aliphatic heterocycles. The van der Waals surface area contributed by atoms with Crippen LogP contribution in [0.25, 0.3) is 10.8 Å². The Hall–Kier alpha value is -3.38. The lowest BCUT2D eigenvalue weighted by Gasteiger charge is -2.26. The molecule has 3 rings (SSSR count). The molecule has 0 saturated heterocycles. The van der Waals surface area contributed by atoms with Crippen molar-refractivity contribution in [1.82, 2.24) is 10.2 Å². The zero-order valence-electron chi connectivity index (χ0n) is 17.7. The van der Waals surface area contributed by atoms with Crippen LogP contribution < -0.4 is 15.4 Å². The van der Waals surface area contributed by atoms with Crippen molar-refractivity contribution in [2.45, 2.75) is 13.0 Å². The number of aryl methyl sites for hydroxylation is 1. The van der Waals surface area contributed by atoms with Crippen molar-refractivity contribution in [3.05, 3.63) is 71.8 Å². The van der Waals surface area contributed by atoms with Gasteiger partial charge in [0.05, 0.1) is 18.8 Å². The van der Waals surface area contributed by atoms with E-state index in [9.17, 15) is 9.59 Å². The van der Waals surface area contributed by atoms with Gasteiger partial charge in [-0.25, -0.2) is 0 Å². The number of nitrogens with one attached hydrogen (secondary N) is 2. The van der Waals surface area contributed by atoms with E-state index in [1.54, 1.807) is 12.1 Å². The summed E-state index contributed by atoms with van der Waals surface area (Å²) in [6.45, 7) is 2.21. The van der Waals surface area contributed by atoms with Gasteiger partial charge in [-0.2, -0.15) is 0 Å². The summed E-state index contributed by atoms with van der Waals surface area (Å²) < 4.78 is 5.26. The maximum Gasteiger partial charge on any atom is 0.313 e. The van der Waals surface area contributed by atoms with E-state index in [1.165, 1.54) is 7.11 Å². The van der Waals surface area contributed by atoms with Crippen LogP contribution >= 0.6 is 0 Å². The van der Waals surface area contributed by atoms with Gasteiger partial charge in [-0.3, -0.25) is 9.59 Å². The molecule has 0 saturated carbocycles. The highest BCUT2D eigenvalue weighted by atomic mass is 16.5. The van der Waals surface area contributed by atoms with Crippen LogP contribution in [0.15, 0.2) is 60.7 Å². The molecule has 156 valence electrons. The highest BCUT2D eigenvalue weighted by molar-refractivity contribution is 6.39. The normalized spacial score (nSPS) is 11.9. The number of hydrogen-bond acceptors (Lipinski definition) is 4. The first kappa shape index (κ1) is 21.3. The molecule has 6 heteroatoms. The molecule has 0 fully saturated rings. The number of anilines is 1. The summed E-state index contributed by atoms with van der Waals surface area (Å²) in [4.78, 5) is 26.9. The van der Waals surface area contributed by atoms with Crippen LogP contribution in [0.3, 0.4) is 0 Å². The third-order valence-electron chi connectivity index (χ3n) is 5.07. The van der Waals surface area contributed by atoms with E-state index in [-0.39, 0.29) is 6.04 Å². The molecule has 0 bridgehead atoms. The summed E-state index contributed by atoms with van der Waals surface area (Å²) in [5.74, 6) is -0.913. The second-order valence-electron chi connectivity index (χ2n) is 7.42. The number of rotatable bonds is 6. The van der Waals surface area contributed by atoms with Crippen LogP contribution in [0.5, 0.6) is 5.75 Å². The Morgan fingerprint density at radius 2 is 1.73 bits per heavy atom. The Kier molecular flexibility index (Phi) is 6.69. The van der Waals surface area contributed by atoms with E-state index in [2.05, 4.69) is 34.9 Å². The highest BCUT2D eigenvalue weighted by Gasteiger charge is 2.21. The second-order valence-corrected chi connectivity index (χ2v) is 7.42. The van der Waals surface area contributed by atoms with Gasteiger partial charge in [0, 0.05) is 6.54 Å². The Bertz CT molecular complexity index is 1060. The fraction of sp³-hybridized carbons (Fsp3) is 0.250. The summed E-state index contributed by atoms with van der Waals surface area (Å²) in [6, 6.07) is 19.6. The van der Waals surface area contributed by atoms with Gasteiger partial charge in [0.15, 0.2) is 0 Å². The number of amides is 2. The molecule has 3 aromatic carbocycles. The van der Waals surface area contributed by atoms with Gasteiger partial charge in [-0.05, 0) is 55.1 Å². The van der Waals surface area contributed by atoms with E-state index in [4.69, 9.17) is 4.74 Å². The van der Waals surface area contributed by atoms with E-state index < -0.39 is 11.8 Å². The average Bonchev–Trinajstić information content (AvgIpc) is 2.73. The molecule has 30 heavy (non-hydrogen) atoms. The molecule has 1 unspecified atom stereocenters. The zero-order chi connectivity index (χ0) is 21.7. The van der Waals surface area contributed by atoms with Crippen LogP contribution in [0.4, 0.5) is 5.69 Å². The number of carbonyl (C=O) groups excluding carboxylic acids is 2. The predicted molar refractivity (Wildman–Crippen MR) is 120 cm³/mol. The van der Waals surface area contributed by atoms with Crippen molar-refractivity contribution in [3.8, 4) is 5.75 Å². The molecule has 0 aliphatic carbocycles. The first-order valence-corrected chi connectivity index (χ1v) is 9.78. The topological polar surface area (TPSA) is 70.7 Å². The average molecular weight is 405 g/mol. The Morgan fingerprint density at radius 3 is 2.47 bits per heavy atom. The number of carbonyl (C=O) groups is 2. The molecule has 2 amide bonds. The monoisotopic (exact) mass is 405 g/mol. The van der Waals surface area contributed by atoms with E-state index in [1.807, 2.05) is 50.2 Å². The lowest BCUT2D eigenvalue weighted by molar-refractivity contribution is -0.136. The molecule has 3 aromatic rings. The van der Waals surface area contributed by atoms with Gasteiger partial charge >= 0.3 is 11.8 Å². The summed E-state index contributed by atoms with van der Waals surface area (Å²) in [5.41, 5.74) is 2.52. The SMILES string of the molecule is COc1ccc(C)cc1NC(=O)C(=O)NCC(c1cccc2ccccc12)N(C)C. The van der Waals surface area contributed by atoms with Gasteiger partial charge in [0.25, 0.3) is 0 Å². The van der Waals surface area contributed by atoms with Gasteiger partial charge in [0.2, 0.25) is 0 Å². The maximum absolute atomic E-state index is 12.5. The van der Waals surface area contributed by atoms with Crippen LogP contribution in [-0.2, 0) is 9.59 Å². The molecule has 2 N–H and O–H groups in total. The Labute approximate surface area is 176 Å². The fourth-order valence-electron chi connectivity index (χ4n) is 3.48.